The van der Waals surface area contributed by atoms with Gasteiger partial charge in [-0.2, -0.15) is 0 Å². The number of piperidine rings is 1. The number of rotatable bonds is 2. The fourth-order valence-electron chi connectivity index (χ4n) is 3.84. The van der Waals surface area contributed by atoms with Crippen LogP contribution in [0.15, 0.2) is 24.3 Å². The van der Waals surface area contributed by atoms with E-state index in [1.165, 1.54) is 0 Å². The van der Waals surface area contributed by atoms with E-state index in [2.05, 4.69) is 32.6 Å². The van der Waals surface area contributed by atoms with E-state index in [0.29, 0.717) is 0 Å². The molecule has 0 unspecified atom stereocenters. The van der Waals surface area contributed by atoms with Gasteiger partial charge in [-0.25, -0.2) is 0 Å². The zero-order valence-corrected chi connectivity index (χ0v) is 14.1. The van der Waals surface area contributed by atoms with Crippen LogP contribution in [0.25, 0.3) is 0 Å². The second-order valence-electron chi connectivity index (χ2n) is 7.35. The van der Waals surface area contributed by atoms with Crippen LogP contribution in [-0.2, 0) is 4.74 Å². The molecule has 1 amide bonds. The highest BCUT2D eigenvalue weighted by molar-refractivity contribution is 5.96. The lowest BCUT2D eigenvalue weighted by atomic mass is 9.77. The van der Waals surface area contributed by atoms with Crippen LogP contribution in [-0.4, -0.2) is 35.1 Å². The first kappa shape index (κ1) is 16.0. The largest absolute Gasteiger partial charge is 0.381 e. The van der Waals surface area contributed by atoms with Crippen molar-refractivity contribution in [1.82, 2.24) is 4.90 Å². The molecule has 0 saturated carbocycles. The van der Waals surface area contributed by atoms with Crippen molar-refractivity contribution in [3.8, 4) is 0 Å². The van der Waals surface area contributed by atoms with Crippen molar-refractivity contribution in [1.29, 1.82) is 0 Å². The minimum Gasteiger partial charge on any atom is -0.381 e. The molecule has 2 rings (SSSR count). The van der Waals surface area contributed by atoms with Gasteiger partial charge >= 0.3 is 0 Å². The van der Waals surface area contributed by atoms with E-state index in [1.807, 2.05) is 31.2 Å². The molecule has 3 nitrogen and oxygen atoms in total. The minimum absolute atomic E-state index is 0.123. The number of aryl methyl sites for hydroxylation is 1. The van der Waals surface area contributed by atoms with Gasteiger partial charge < -0.3 is 9.64 Å². The van der Waals surface area contributed by atoms with Crippen LogP contribution in [0.5, 0.6) is 0 Å². The van der Waals surface area contributed by atoms with E-state index >= 15 is 0 Å². The third-order valence-corrected chi connectivity index (χ3v) is 4.58. The number of amides is 1. The van der Waals surface area contributed by atoms with Crippen LogP contribution in [0.3, 0.4) is 0 Å². The summed E-state index contributed by atoms with van der Waals surface area (Å²) in [5.41, 5.74) is 1.39. The van der Waals surface area contributed by atoms with Crippen molar-refractivity contribution in [3.05, 3.63) is 35.4 Å². The van der Waals surface area contributed by atoms with Gasteiger partial charge in [0.25, 0.3) is 5.91 Å². The fraction of sp³-hybridized carbons (Fsp3) is 0.611. The molecule has 0 atom stereocenters. The monoisotopic (exact) mass is 289 g/mol. The van der Waals surface area contributed by atoms with Crippen molar-refractivity contribution in [2.45, 2.75) is 64.6 Å². The highest BCUT2D eigenvalue weighted by atomic mass is 16.5. The maximum atomic E-state index is 13.1. The number of ether oxygens (including phenoxy) is 1. The van der Waals surface area contributed by atoms with Gasteiger partial charge in [0.1, 0.15) is 0 Å². The topological polar surface area (TPSA) is 29.5 Å². The Kier molecular flexibility index (Phi) is 4.16. The lowest BCUT2D eigenvalue weighted by Gasteiger charge is -2.55. The summed E-state index contributed by atoms with van der Waals surface area (Å²) in [7, 11) is 1.76. The molecule has 3 heteroatoms. The Hall–Kier alpha value is -1.35. The van der Waals surface area contributed by atoms with E-state index in [0.717, 1.165) is 24.0 Å². The number of hydrogen-bond acceptors (Lipinski definition) is 2. The van der Waals surface area contributed by atoms with Gasteiger partial charge in [-0.3, -0.25) is 4.79 Å². The number of carbonyl (C=O) groups is 1. The molecular weight excluding hydrogens is 262 g/mol. The van der Waals surface area contributed by atoms with Crippen LogP contribution >= 0.6 is 0 Å². The van der Waals surface area contributed by atoms with Crippen LogP contribution < -0.4 is 0 Å². The number of benzene rings is 1. The van der Waals surface area contributed by atoms with Crippen LogP contribution in [0.4, 0.5) is 0 Å². The predicted molar refractivity (Wildman–Crippen MR) is 85.5 cm³/mol. The first-order valence-corrected chi connectivity index (χ1v) is 7.62. The molecule has 1 heterocycles. The number of likely N-dealkylation sites (tertiary alicyclic amines) is 1. The lowest BCUT2D eigenvalue weighted by Crippen LogP contribution is -2.64. The standard InChI is InChI=1S/C18H27NO2/c1-13-9-7-8-10-15(13)16(20)19-17(2,3)11-14(21-6)12-18(19,4)5/h7-10,14H,11-12H2,1-6H3. The Labute approximate surface area is 128 Å². The summed E-state index contributed by atoms with van der Waals surface area (Å²) in [6, 6.07) is 7.82. The molecule has 0 aromatic heterocycles. The Morgan fingerprint density at radius 2 is 1.67 bits per heavy atom. The average Bonchev–Trinajstić information content (AvgIpc) is 2.36. The summed E-state index contributed by atoms with van der Waals surface area (Å²) in [5.74, 6) is 0.123. The predicted octanol–water partition coefficient (Wildman–Crippen LogP) is 3.80. The molecule has 1 saturated heterocycles. The van der Waals surface area contributed by atoms with Gasteiger partial charge in [-0.05, 0) is 59.1 Å². The summed E-state index contributed by atoms with van der Waals surface area (Å²) in [6.07, 6.45) is 1.94. The Morgan fingerprint density at radius 3 is 2.14 bits per heavy atom. The zero-order chi connectivity index (χ0) is 15.8. The molecule has 1 aliphatic rings. The number of nitrogens with zero attached hydrogens (tertiary/aromatic N) is 1. The second-order valence-corrected chi connectivity index (χ2v) is 7.35. The maximum absolute atomic E-state index is 13.1. The zero-order valence-electron chi connectivity index (χ0n) is 14.1. The lowest BCUT2D eigenvalue weighted by molar-refractivity contribution is -0.0724. The van der Waals surface area contributed by atoms with Gasteiger partial charge in [-0.1, -0.05) is 18.2 Å². The summed E-state index contributed by atoms with van der Waals surface area (Å²) in [5, 5.41) is 0. The molecule has 21 heavy (non-hydrogen) atoms. The summed E-state index contributed by atoms with van der Waals surface area (Å²) in [4.78, 5) is 15.2. The minimum atomic E-state index is -0.220. The average molecular weight is 289 g/mol. The fourth-order valence-corrected chi connectivity index (χ4v) is 3.84. The first-order valence-electron chi connectivity index (χ1n) is 7.62. The third kappa shape index (κ3) is 2.98. The number of carbonyl (C=O) groups excluding carboxylic acids is 1. The molecule has 116 valence electrons. The quantitative estimate of drug-likeness (QED) is 0.828. The summed E-state index contributed by atoms with van der Waals surface area (Å²) in [6.45, 7) is 10.5. The molecule has 0 aliphatic carbocycles. The third-order valence-electron chi connectivity index (χ3n) is 4.58. The van der Waals surface area contributed by atoms with E-state index in [4.69, 9.17) is 4.74 Å². The Balaban J connectivity index is 2.41. The number of methoxy groups -OCH3 is 1. The Bertz CT molecular complexity index is 516. The van der Waals surface area contributed by atoms with E-state index in [1.54, 1.807) is 7.11 Å². The van der Waals surface area contributed by atoms with E-state index in [-0.39, 0.29) is 23.1 Å². The summed E-state index contributed by atoms with van der Waals surface area (Å²) >= 11 is 0. The highest BCUT2D eigenvalue weighted by Crippen LogP contribution is 2.40. The molecule has 0 radical (unpaired) electrons. The smallest absolute Gasteiger partial charge is 0.255 e. The van der Waals surface area contributed by atoms with Gasteiger partial charge in [-0.15, -0.1) is 0 Å². The SMILES string of the molecule is COC1CC(C)(C)N(C(=O)c2ccccc2C)C(C)(C)C1. The van der Waals surface area contributed by atoms with Crippen LogP contribution in [0, 0.1) is 6.92 Å². The van der Waals surface area contributed by atoms with Crippen molar-refractivity contribution >= 4 is 5.91 Å². The Morgan fingerprint density at radius 1 is 1.14 bits per heavy atom. The van der Waals surface area contributed by atoms with Gasteiger partial charge in [0.15, 0.2) is 0 Å². The maximum Gasteiger partial charge on any atom is 0.255 e. The molecule has 1 aromatic carbocycles. The second kappa shape index (κ2) is 5.45. The van der Waals surface area contributed by atoms with Crippen molar-refractivity contribution in [3.63, 3.8) is 0 Å². The molecule has 0 N–H and O–H groups in total. The molecule has 1 aliphatic heterocycles. The van der Waals surface area contributed by atoms with Crippen LogP contribution in [0.1, 0.15) is 56.5 Å². The summed E-state index contributed by atoms with van der Waals surface area (Å²) < 4.78 is 5.58. The highest BCUT2D eigenvalue weighted by Gasteiger charge is 2.48. The molecule has 1 aromatic rings. The van der Waals surface area contributed by atoms with E-state index in [9.17, 15) is 4.79 Å². The van der Waals surface area contributed by atoms with Crippen molar-refractivity contribution < 1.29 is 9.53 Å². The van der Waals surface area contributed by atoms with Gasteiger partial charge in [0.2, 0.25) is 0 Å². The van der Waals surface area contributed by atoms with Crippen LogP contribution in [0.2, 0.25) is 0 Å². The molecule has 0 bridgehead atoms. The molecular formula is C18H27NO2. The normalized spacial score (nSPS) is 21.3. The van der Waals surface area contributed by atoms with Gasteiger partial charge in [0.05, 0.1) is 6.10 Å². The molecule has 1 fully saturated rings. The first-order chi connectivity index (χ1) is 9.69. The van der Waals surface area contributed by atoms with Gasteiger partial charge in [0, 0.05) is 23.8 Å². The van der Waals surface area contributed by atoms with E-state index < -0.39 is 0 Å². The van der Waals surface area contributed by atoms with Crippen molar-refractivity contribution in [2.24, 2.45) is 0 Å². The van der Waals surface area contributed by atoms with Crippen molar-refractivity contribution in [2.75, 3.05) is 7.11 Å². The number of hydrogen-bond donors (Lipinski definition) is 0. The molecule has 0 spiro atoms.